The zero-order valence-corrected chi connectivity index (χ0v) is 13.8. The average Bonchev–Trinajstić information content (AvgIpc) is 2.67. The molecule has 0 atom stereocenters. The minimum atomic E-state index is -0.620. The molecule has 0 saturated heterocycles. The summed E-state index contributed by atoms with van der Waals surface area (Å²) in [5.41, 5.74) is 1.67. The van der Waals surface area contributed by atoms with Gasteiger partial charge >= 0.3 is 0 Å². The summed E-state index contributed by atoms with van der Waals surface area (Å²) in [5.74, 6) is -0.511. The van der Waals surface area contributed by atoms with E-state index in [1.54, 1.807) is 18.2 Å². The van der Waals surface area contributed by atoms with Crippen LogP contribution in [0, 0.1) is 22.6 Å². The Morgan fingerprint density at radius 2 is 2.27 bits per heavy atom. The molecule has 0 amide bonds. The second-order valence-electron chi connectivity index (χ2n) is 5.10. The van der Waals surface area contributed by atoms with Gasteiger partial charge in [0.2, 0.25) is 5.95 Å². The highest BCUT2D eigenvalue weighted by Gasteiger charge is 2.08. The molecule has 0 radical (unpaired) electrons. The Hall–Kier alpha value is -3.51. The van der Waals surface area contributed by atoms with Gasteiger partial charge in [0.05, 0.1) is 30.1 Å². The van der Waals surface area contributed by atoms with Crippen LogP contribution >= 0.6 is 0 Å². The maximum Gasteiger partial charge on any atom is 0.229 e. The van der Waals surface area contributed by atoms with Crippen LogP contribution in [-0.2, 0) is 6.54 Å². The third-order valence-corrected chi connectivity index (χ3v) is 3.19. The summed E-state index contributed by atoms with van der Waals surface area (Å²) < 4.78 is 13.9. The summed E-state index contributed by atoms with van der Waals surface area (Å²) in [6.07, 6.45) is 3.54. The number of aliphatic hydroxyl groups is 1. The lowest BCUT2D eigenvalue weighted by atomic mass is 10.1. The van der Waals surface area contributed by atoms with Gasteiger partial charge in [0.25, 0.3) is 0 Å². The van der Waals surface area contributed by atoms with Crippen LogP contribution in [0.25, 0.3) is 0 Å². The molecule has 1 aromatic carbocycles. The molecule has 0 bridgehead atoms. The van der Waals surface area contributed by atoms with Crippen LogP contribution in [0.4, 0.5) is 16.2 Å². The maximum absolute atomic E-state index is 13.9. The van der Waals surface area contributed by atoms with E-state index in [0.717, 1.165) is 18.0 Å². The van der Waals surface area contributed by atoms with Crippen molar-refractivity contribution in [2.24, 2.45) is 0 Å². The molecule has 0 aliphatic heterocycles. The first kappa shape index (κ1) is 18.8. The first-order chi connectivity index (χ1) is 12.7. The van der Waals surface area contributed by atoms with E-state index in [0.29, 0.717) is 17.8 Å². The van der Waals surface area contributed by atoms with Gasteiger partial charge in [-0.05, 0) is 17.7 Å². The van der Waals surface area contributed by atoms with Crippen LogP contribution in [0.1, 0.15) is 11.1 Å². The number of halogens is 1. The molecule has 9 heteroatoms. The van der Waals surface area contributed by atoms with Gasteiger partial charge in [-0.15, -0.1) is 0 Å². The molecule has 0 fully saturated rings. The minimum Gasteiger partial charge on any atom is -0.395 e. The van der Waals surface area contributed by atoms with Gasteiger partial charge in [0.1, 0.15) is 0 Å². The predicted molar refractivity (Wildman–Crippen MR) is 96.1 cm³/mol. The lowest BCUT2D eigenvalue weighted by Crippen LogP contribution is -2.15. The highest BCUT2D eigenvalue weighted by atomic mass is 19.1. The number of nitrogens with one attached hydrogen (secondary N) is 4. The highest BCUT2D eigenvalue weighted by molar-refractivity contribution is 5.79. The SMILES string of the molecule is N#Cc1cccc(CNc2nc(N/C(C=N)=C/NCCO)ncc2F)c1. The quantitative estimate of drug-likeness (QED) is 0.341. The number of hydrogen-bond donors (Lipinski definition) is 5. The van der Waals surface area contributed by atoms with E-state index in [4.69, 9.17) is 15.8 Å². The third kappa shape index (κ3) is 5.54. The van der Waals surface area contributed by atoms with Crippen LogP contribution in [0.2, 0.25) is 0 Å². The number of rotatable bonds is 9. The minimum absolute atomic E-state index is 0.00231. The first-order valence-electron chi connectivity index (χ1n) is 7.73. The molecule has 26 heavy (non-hydrogen) atoms. The molecule has 5 N–H and O–H groups in total. The lowest BCUT2D eigenvalue weighted by molar-refractivity contribution is 0.298. The van der Waals surface area contributed by atoms with E-state index in [1.165, 1.54) is 6.20 Å². The lowest BCUT2D eigenvalue weighted by Gasteiger charge is -2.10. The average molecular weight is 355 g/mol. The molecule has 1 aromatic heterocycles. The number of benzene rings is 1. The van der Waals surface area contributed by atoms with E-state index in [-0.39, 0.29) is 24.9 Å². The standard InChI is InChI=1S/C17H18FN7O/c18-15-11-23-17(24-14(8-20)10-21-4-5-26)25-16(15)22-9-13-3-1-2-12(6-13)7-19/h1-3,6,8,10-11,20-21,26H,4-5,9H2,(H2,22,23,24,25)/b14-10+,20-8?. The van der Waals surface area contributed by atoms with Crippen molar-refractivity contribution in [3.63, 3.8) is 0 Å². The van der Waals surface area contributed by atoms with Gasteiger partial charge in [0.15, 0.2) is 11.6 Å². The van der Waals surface area contributed by atoms with Crippen molar-refractivity contribution >= 4 is 18.0 Å². The normalized spacial score (nSPS) is 10.7. The number of aromatic nitrogens is 2. The highest BCUT2D eigenvalue weighted by Crippen LogP contribution is 2.14. The summed E-state index contributed by atoms with van der Waals surface area (Å²) in [7, 11) is 0. The Bertz CT molecular complexity index is 832. The Kier molecular flexibility index (Phi) is 7.03. The molecular formula is C17H18FN7O. The summed E-state index contributed by atoms with van der Waals surface area (Å²) in [6, 6.07) is 9.00. The number of aliphatic hydroxyl groups excluding tert-OH is 1. The molecule has 0 spiro atoms. The van der Waals surface area contributed by atoms with Gasteiger partial charge in [0, 0.05) is 25.5 Å². The molecular weight excluding hydrogens is 337 g/mol. The molecule has 0 aliphatic carbocycles. The van der Waals surface area contributed by atoms with E-state index in [1.807, 2.05) is 12.1 Å². The Morgan fingerprint density at radius 3 is 3.00 bits per heavy atom. The van der Waals surface area contributed by atoms with Gasteiger partial charge in [-0.25, -0.2) is 9.37 Å². The fraction of sp³-hybridized carbons (Fsp3) is 0.176. The fourth-order valence-corrected chi connectivity index (χ4v) is 1.98. The van der Waals surface area contributed by atoms with E-state index >= 15 is 0 Å². The molecule has 0 saturated carbocycles. The zero-order valence-electron chi connectivity index (χ0n) is 13.8. The number of nitrogens with zero attached hydrogens (tertiary/aromatic N) is 3. The van der Waals surface area contributed by atoms with Crippen LogP contribution in [-0.4, -0.2) is 34.4 Å². The molecule has 2 rings (SSSR count). The van der Waals surface area contributed by atoms with Crippen molar-refractivity contribution in [1.82, 2.24) is 15.3 Å². The predicted octanol–water partition coefficient (Wildman–Crippen LogP) is 1.58. The topological polar surface area (TPSA) is 130 Å². The number of nitriles is 1. The Balaban J connectivity index is 2.07. The van der Waals surface area contributed by atoms with Crippen LogP contribution < -0.4 is 16.0 Å². The van der Waals surface area contributed by atoms with Crippen molar-refractivity contribution in [1.29, 1.82) is 10.7 Å². The van der Waals surface area contributed by atoms with Crippen molar-refractivity contribution in [2.75, 3.05) is 23.8 Å². The van der Waals surface area contributed by atoms with E-state index < -0.39 is 5.82 Å². The van der Waals surface area contributed by atoms with Crippen molar-refractivity contribution in [3.8, 4) is 6.07 Å². The summed E-state index contributed by atoms with van der Waals surface area (Å²) in [5, 5.41) is 33.4. The fourth-order valence-electron chi connectivity index (χ4n) is 1.98. The summed E-state index contributed by atoms with van der Waals surface area (Å²) >= 11 is 0. The summed E-state index contributed by atoms with van der Waals surface area (Å²) in [6.45, 7) is 0.571. The number of allylic oxidation sites excluding steroid dienone is 1. The number of hydrogen-bond acceptors (Lipinski definition) is 8. The molecule has 0 aliphatic rings. The molecule has 134 valence electrons. The maximum atomic E-state index is 13.9. The molecule has 8 nitrogen and oxygen atoms in total. The molecule has 2 aromatic rings. The van der Waals surface area contributed by atoms with Crippen molar-refractivity contribution in [2.45, 2.75) is 6.54 Å². The van der Waals surface area contributed by atoms with Gasteiger partial charge in [-0.3, -0.25) is 0 Å². The monoisotopic (exact) mass is 355 g/mol. The van der Waals surface area contributed by atoms with E-state index in [9.17, 15) is 4.39 Å². The summed E-state index contributed by atoms with van der Waals surface area (Å²) in [4.78, 5) is 7.89. The van der Waals surface area contributed by atoms with Gasteiger partial charge in [-0.2, -0.15) is 10.2 Å². The molecule has 1 heterocycles. The first-order valence-corrected chi connectivity index (χ1v) is 7.73. The third-order valence-electron chi connectivity index (χ3n) is 3.19. The van der Waals surface area contributed by atoms with Crippen LogP contribution in [0.3, 0.4) is 0 Å². The largest absolute Gasteiger partial charge is 0.395 e. The Morgan fingerprint density at radius 1 is 1.42 bits per heavy atom. The molecule has 0 unspecified atom stereocenters. The van der Waals surface area contributed by atoms with Crippen LogP contribution in [0.15, 0.2) is 42.4 Å². The second kappa shape index (κ2) is 9.71. The van der Waals surface area contributed by atoms with Gasteiger partial charge < -0.3 is 26.5 Å². The second-order valence-corrected chi connectivity index (χ2v) is 5.10. The number of anilines is 2. The van der Waals surface area contributed by atoms with Crippen LogP contribution in [0.5, 0.6) is 0 Å². The van der Waals surface area contributed by atoms with Crippen molar-refractivity contribution < 1.29 is 9.50 Å². The zero-order chi connectivity index (χ0) is 18.8. The van der Waals surface area contributed by atoms with E-state index in [2.05, 4.69) is 25.9 Å². The van der Waals surface area contributed by atoms with Gasteiger partial charge in [-0.1, -0.05) is 12.1 Å². The Labute approximate surface area is 149 Å². The smallest absolute Gasteiger partial charge is 0.229 e. The van der Waals surface area contributed by atoms with Crippen molar-refractivity contribution in [3.05, 3.63) is 59.3 Å².